The Balaban J connectivity index is 1.53. The van der Waals surface area contributed by atoms with Crippen molar-refractivity contribution in [1.29, 1.82) is 0 Å². The number of ether oxygens (including phenoxy) is 1. The second-order valence-corrected chi connectivity index (χ2v) is 8.31. The monoisotopic (exact) mass is 371 g/mol. The Kier molecular flexibility index (Phi) is 4.95. The molecule has 6 heteroatoms. The van der Waals surface area contributed by atoms with Crippen molar-refractivity contribution in [2.24, 2.45) is 5.92 Å². The number of amides is 2. The van der Waals surface area contributed by atoms with Gasteiger partial charge in [-0.05, 0) is 30.9 Å². The van der Waals surface area contributed by atoms with E-state index in [0.717, 1.165) is 57.8 Å². The minimum atomic E-state index is -0.423. The van der Waals surface area contributed by atoms with Crippen LogP contribution in [-0.2, 0) is 19.7 Å². The maximum absolute atomic E-state index is 13.6. The zero-order valence-corrected chi connectivity index (χ0v) is 16.3. The Morgan fingerprint density at radius 3 is 2.67 bits per heavy atom. The summed E-state index contributed by atoms with van der Waals surface area (Å²) in [5, 5.41) is 0. The van der Waals surface area contributed by atoms with E-state index < -0.39 is 5.41 Å². The lowest BCUT2D eigenvalue weighted by molar-refractivity contribution is -0.130. The summed E-state index contributed by atoms with van der Waals surface area (Å²) >= 11 is 0. The van der Waals surface area contributed by atoms with E-state index in [1.807, 2.05) is 17.0 Å². The van der Waals surface area contributed by atoms with Crippen molar-refractivity contribution in [3.05, 3.63) is 29.8 Å². The van der Waals surface area contributed by atoms with E-state index in [1.54, 1.807) is 19.0 Å². The first kappa shape index (κ1) is 18.4. The average molecular weight is 371 g/mol. The van der Waals surface area contributed by atoms with Gasteiger partial charge >= 0.3 is 0 Å². The van der Waals surface area contributed by atoms with E-state index in [4.69, 9.17) is 4.74 Å². The quantitative estimate of drug-likeness (QED) is 0.805. The Morgan fingerprint density at radius 2 is 2.00 bits per heavy atom. The Bertz CT molecular complexity index is 719. The van der Waals surface area contributed by atoms with Crippen molar-refractivity contribution in [1.82, 2.24) is 9.80 Å². The van der Waals surface area contributed by atoms with E-state index >= 15 is 0 Å². The number of nitrogens with zero attached hydrogens (tertiary/aromatic N) is 3. The standard InChI is InChI=1S/C21H29N3O3/c1-22(2)19(25)14-23-10-8-21(9-11-23)17-5-3-4-6-18(17)24(20(21)26)13-16-7-12-27-15-16/h3-6,16H,7-15H2,1-2H3/t16-/m1/s1. The molecule has 2 saturated heterocycles. The smallest absolute Gasteiger partial charge is 0.237 e. The number of carbonyl (C=O) groups is 2. The van der Waals surface area contributed by atoms with Gasteiger partial charge in [-0.3, -0.25) is 14.5 Å². The highest BCUT2D eigenvalue weighted by Crippen LogP contribution is 2.48. The first-order valence-electron chi connectivity index (χ1n) is 9.93. The fraction of sp³-hybridized carbons (Fsp3) is 0.619. The number of likely N-dealkylation sites (tertiary alicyclic amines) is 1. The SMILES string of the molecule is CN(C)C(=O)CN1CCC2(CC1)C(=O)N(C[C@H]1CCOC1)c1ccccc12. The summed E-state index contributed by atoms with van der Waals surface area (Å²) in [6, 6.07) is 8.27. The number of likely N-dealkylation sites (N-methyl/N-ethyl adjacent to an activating group) is 1. The van der Waals surface area contributed by atoms with Gasteiger partial charge in [-0.1, -0.05) is 18.2 Å². The summed E-state index contributed by atoms with van der Waals surface area (Å²) in [6.07, 6.45) is 2.59. The molecule has 0 aromatic heterocycles. The molecule has 1 spiro atoms. The number of hydrogen-bond donors (Lipinski definition) is 0. The Morgan fingerprint density at radius 1 is 1.26 bits per heavy atom. The van der Waals surface area contributed by atoms with Gasteiger partial charge in [0.05, 0.1) is 18.6 Å². The molecule has 0 radical (unpaired) electrons. The number of carbonyl (C=O) groups excluding carboxylic acids is 2. The van der Waals surface area contributed by atoms with Crippen molar-refractivity contribution in [2.45, 2.75) is 24.7 Å². The molecular formula is C21H29N3O3. The highest BCUT2D eigenvalue weighted by Gasteiger charge is 2.52. The summed E-state index contributed by atoms with van der Waals surface area (Å²) in [4.78, 5) is 31.4. The normalized spacial score (nSPS) is 24.4. The fourth-order valence-corrected chi connectivity index (χ4v) is 4.67. The molecule has 3 aliphatic rings. The molecule has 3 heterocycles. The van der Waals surface area contributed by atoms with Gasteiger partial charge in [-0.15, -0.1) is 0 Å². The zero-order valence-electron chi connectivity index (χ0n) is 16.3. The molecule has 0 aliphatic carbocycles. The zero-order chi connectivity index (χ0) is 19.0. The van der Waals surface area contributed by atoms with Crippen molar-refractivity contribution in [2.75, 3.05) is 58.4 Å². The van der Waals surface area contributed by atoms with Crippen LogP contribution < -0.4 is 4.90 Å². The van der Waals surface area contributed by atoms with Crippen LogP contribution in [0.3, 0.4) is 0 Å². The highest BCUT2D eigenvalue weighted by molar-refractivity contribution is 6.08. The lowest BCUT2D eigenvalue weighted by Gasteiger charge is -2.38. The van der Waals surface area contributed by atoms with Crippen LogP contribution in [0.2, 0.25) is 0 Å². The molecule has 6 nitrogen and oxygen atoms in total. The molecule has 146 valence electrons. The summed E-state index contributed by atoms with van der Waals surface area (Å²) in [6.45, 7) is 4.29. The lowest BCUT2D eigenvalue weighted by Crippen LogP contribution is -2.51. The third-order valence-corrected chi connectivity index (χ3v) is 6.40. The first-order valence-corrected chi connectivity index (χ1v) is 9.93. The van der Waals surface area contributed by atoms with Crippen LogP contribution in [0.4, 0.5) is 5.69 Å². The Hall–Kier alpha value is -1.92. The van der Waals surface area contributed by atoms with E-state index in [0.29, 0.717) is 12.5 Å². The van der Waals surface area contributed by atoms with Crippen LogP contribution >= 0.6 is 0 Å². The number of fused-ring (bicyclic) bond motifs is 2. The molecule has 0 N–H and O–H groups in total. The van der Waals surface area contributed by atoms with Gasteiger partial charge in [0.1, 0.15) is 0 Å². The van der Waals surface area contributed by atoms with Gasteiger partial charge in [0.25, 0.3) is 0 Å². The van der Waals surface area contributed by atoms with Crippen LogP contribution in [0.25, 0.3) is 0 Å². The highest BCUT2D eigenvalue weighted by atomic mass is 16.5. The fourth-order valence-electron chi connectivity index (χ4n) is 4.67. The number of para-hydroxylation sites is 1. The molecule has 4 rings (SSSR count). The minimum Gasteiger partial charge on any atom is -0.381 e. The molecule has 27 heavy (non-hydrogen) atoms. The van der Waals surface area contributed by atoms with Crippen molar-refractivity contribution >= 4 is 17.5 Å². The van der Waals surface area contributed by atoms with Crippen LogP contribution in [0.15, 0.2) is 24.3 Å². The maximum atomic E-state index is 13.6. The Labute approximate surface area is 161 Å². The van der Waals surface area contributed by atoms with Gasteiger partial charge in [-0.2, -0.15) is 0 Å². The van der Waals surface area contributed by atoms with Gasteiger partial charge < -0.3 is 14.5 Å². The van der Waals surface area contributed by atoms with Crippen molar-refractivity contribution in [3.63, 3.8) is 0 Å². The number of rotatable bonds is 4. The molecule has 0 bridgehead atoms. The third kappa shape index (κ3) is 3.25. The largest absolute Gasteiger partial charge is 0.381 e. The van der Waals surface area contributed by atoms with Gasteiger partial charge in [0, 0.05) is 51.9 Å². The average Bonchev–Trinajstić information content (AvgIpc) is 3.26. The molecule has 2 amide bonds. The molecule has 3 aliphatic heterocycles. The maximum Gasteiger partial charge on any atom is 0.237 e. The van der Waals surface area contributed by atoms with E-state index in [-0.39, 0.29) is 11.8 Å². The minimum absolute atomic E-state index is 0.118. The molecule has 1 atom stereocenters. The summed E-state index contributed by atoms with van der Waals surface area (Å²) in [7, 11) is 3.57. The second-order valence-electron chi connectivity index (χ2n) is 8.31. The number of anilines is 1. The summed E-state index contributed by atoms with van der Waals surface area (Å²) in [5.74, 6) is 0.788. The number of benzene rings is 1. The molecule has 2 fully saturated rings. The summed E-state index contributed by atoms with van der Waals surface area (Å²) < 4.78 is 5.52. The molecule has 0 saturated carbocycles. The van der Waals surface area contributed by atoms with Crippen LogP contribution in [-0.4, -0.2) is 75.1 Å². The molecule has 0 unspecified atom stereocenters. The van der Waals surface area contributed by atoms with Crippen LogP contribution in [0, 0.1) is 5.92 Å². The van der Waals surface area contributed by atoms with E-state index in [9.17, 15) is 9.59 Å². The van der Waals surface area contributed by atoms with Gasteiger partial charge in [0.15, 0.2) is 0 Å². The first-order chi connectivity index (χ1) is 13.0. The van der Waals surface area contributed by atoms with E-state index in [1.165, 1.54) is 5.56 Å². The number of piperidine rings is 1. The van der Waals surface area contributed by atoms with Gasteiger partial charge in [0.2, 0.25) is 11.8 Å². The molecule has 1 aromatic carbocycles. The predicted octanol–water partition coefficient (Wildman–Crippen LogP) is 1.49. The van der Waals surface area contributed by atoms with Crippen LogP contribution in [0.1, 0.15) is 24.8 Å². The topological polar surface area (TPSA) is 53.1 Å². The predicted molar refractivity (Wildman–Crippen MR) is 104 cm³/mol. The van der Waals surface area contributed by atoms with Gasteiger partial charge in [-0.25, -0.2) is 0 Å². The third-order valence-electron chi connectivity index (χ3n) is 6.40. The van der Waals surface area contributed by atoms with E-state index in [2.05, 4.69) is 17.0 Å². The second kappa shape index (κ2) is 7.24. The summed E-state index contributed by atoms with van der Waals surface area (Å²) in [5.41, 5.74) is 1.83. The van der Waals surface area contributed by atoms with Crippen molar-refractivity contribution < 1.29 is 14.3 Å². The lowest BCUT2D eigenvalue weighted by atomic mass is 9.73. The number of hydrogen-bond acceptors (Lipinski definition) is 4. The molecule has 1 aromatic rings. The molecular weight excluding hydrogens is 342 g/mol. The van der Waals surface area contributed by atoms with Crippen LogP contribution in [0.5, 0.6) is 0 Å². The van der Waals surface area contributed by atoms with Crippen molar-refractivity contribution in [3.8, 4) is 0 Å².